The SMILES string of the molecule is CC(C)(C)[Si](C)(C)[Si](C#C[Si](C)(C)C)([Si](C)(C)C)[Si](C)(C)C(C)(C)C. The van der Waals surface area contributed by atoms with E-state index in [1.807, 2.05) is 0 Å². The summed E-state index contributed by atoms with van der Waals surface area (Å²) in [5.41, 5.74) is 8.32. The molecule has 0 amide bonds. The lowest BCUT2D eigenvalue weighted by Crippen LogP contribution is -2.87. The first kappa shape index (κ1) is 25.6. The summed E-state index contributed by atoms with van der Waals surface area (Å²) in [7, 11) is -5.91. The minimum absolute atomic E-state index is 0.420. The number of hydrogen-bond acceptors (Lipinski definition) is 0. The molecule has 5 heteroatoms. The predicted molar refractivity (Wildman–Crippen MR) is 135 cm³/mol. The van der Waals surface area contributed by atoms with Crippen molar-refractivity contribution < 1.29 is 0 Å². The Morgan fingerprint density at radius 2 is 0.760 bits per heavy atom. The van der Waals surface area contributed by atoms with Crippen molar-refractivity contribution in [1.82, 2.24) is 0 Å². The monoisotopic (exact) mass is 428 g/mol. The quantitative estimate of drug-likeness (QED) is 0.323. The molecule has 0 atom stereocenters. The van der Waals surface area contributed by atoms with Gasteiger partial charge >= 0.3 is 0 Å². The van der Waals surface area contributed by atoms with E-state index < -0.39 is 37.5 Å². The van der Waals surface area contributed by atoms with Crippen LogP contribution in [-0.2, 0) is 0 Å². The van der Waals surface area contributed by atoms with Crippen molar-refractivity contribution in [3.8, 4) is 11.1 Å². The third-order valence-electron chi connectivity index (χ3n) is 7.38. The van der Waals surface area contributed by atoms with Gasteiger partial charge in [-0.2, -0.15) is 0 Å². The van der Waals surface area contributed by atoms with E-state index in [9.17, 15) is 0 Å². The molecule has 148 valence electrons. The molecule has 0 saturated carbocycles. The van der Waals surface area contributed by atoms with Crippen molar-refractivity contribution in [2.24, 2.45) is 0 Å². The van der Waals surface area contributed by atoms with Gasteiger partial charge in [-0.1, -0.05) is 107 Å². The van der Waals surface area contributed by atoms with Crippen molar-refractivity contribution in [3.63, 3.8) is 0 Å². The Balaban J connectivity index is 7.36. The zero-order valence-corrected chi connectivity index (χ0v) is 25.5. The first-order valence-corrected chi connectivity index (χ1v) is 28.0. The third-order valence-corrected chi connectivity index (χ3v) is 82.1. The van der Waals surface area contributed by atoms with Crippen LogP contribution in [0.5, 0.6) is 0 Å². The molecular weight excluding hydrogens is 381 g/mol. The minimum atomic E-state index is -1.74. The molecule has 0 heterocycles. The van der Waals surface area contributed by atoms with E-state index >= 15 is 0 Å². The highest BCUT2D eigenvalue weighted by Gasteiger charge is 2.70. The van der Waals surface area contributed by atoms with Crippen molar-refractivity contribution in [3.05, 3.63) is 0 Å². The van der Waals surface area contributed by atoms with Gasteiger partial charge in [0.25, 0.3) is 0 Å². The number of rotatable bonds is 3. The molecule has 0 nitrogen and oxygen atoms in total. The van der Waals surface area contributed by atoms with Crippen molar-refractivity contribution in [2.75, 3.05) is 0 Å². The summed E-state index contributed by atoms with van der Waals surface area (Å²) in [6.45, 7) is 39.7. The summed E-state index contributed by atoms with van der Waals surface area (Å²) in [5.74, 6) is 0. The fourth-order valence-electron chi connectivity index (χ4n) is 4.56. The van der Waals surface area contributed by atoms with Crippen LogP contribution in [0.15, 0.2) is 0 Å². The summed E-state index contributed by atoms with van der Waals surface area (Å²) < 4.78 is 0. The van der Waals surface area contributed by atoms with E-state index in [0.29, 0.717) is 10.1 Å². The van der Waals surface area contributed by atoms with Gasteiger partial charge in [0.2, 0.25) is 0 Å². The van der Waals surface area contributed by atoms with Crippen molar-refractivity contribution in [2.45, 2.75) is 117 Å². The molecule has 0 aromatic heterocycles. The highest BCUT2D eigenvalue weighted by Crippen LogP contribution is 2.54. The van der Waals surface area contributed by atoms with Crippen LogP contribution >= 0.6 is 0 Å². The second-order valence-corrected chi connectivity index (χ2v) is 57.0. The summed E-state index contributed by atoms with van der Waals surface area (Å²) in [4.78, 5) is 0. The standard InChI is InChI=1S/C20H48Si5/c1-19(2,3)23(13,14)25(22(10,11)12,18-17-21(7,8)9)24(15,16)20(4,5)6/h1-16H3. The molecular formula is C20H48Si5. The molecule has 0 aliphatic rings. The first-order valence-electron chi connectivity index (χ1n) is 10.0. The Kier molecular flexibility index (Phi) is 7.09. The van der Waals surface area contributed by atoms with Gasteiger partial charge in [0.05, 0.1) is 15.2 Å². The van der Waals surface area contributed by atoms with Crippen molar-refractivity contribution >= 4 is 37.5 Å². The van der Waals surface area contributed by atoms with Crippen LogP contribution in [0.3, 0.4) is 0 Å². The normalized spacial score (nSPS) is 15.7. The van der Waals surface area contributed by atoms with E-state index in [-0.39, 0.29) is 0 Å². The molecule has 0 aliphatic heterocycles. The average Bonchev–Trinajstić information content (AvgIpc) is 2.21. The molecule has 0 spiro atoms. The highest BCUT2D eigenvalue weighted by molar-refractivity contribution is 7.92. The molecule has 0 unspecified atom stereocenters. The first-order chi connectivity index (χ1) is 10.5. The fraction of sp³-hybridized carbons (Fsp3) is 0.900. The van der Waals surface area contributed by atoms with Crippen LogP contribution in [0.25, 0.3) is 0 Å². The van der Waals surface area contributed by atoms with E-state index in [4.69, 9.17) is 0 Å². The summed E-state index contributed by atoms with van der Waals surface area (Å²) >= 11 is 0. The maximum absolute atomic E-state index is 4.34. The van der Waals surface area contributed by atoms with Crippen molar-refractivity contribution in [1.29, 1.82) is 0 Å². The van der Waals surface area contributed by atoms with Crippen LogP contribution < -0.4 is 0 Å². The minimum Gasteiger partial charge on any atom is -0.147 e. The highest BCUT2D eigenvalue weighted by atomic mass is 29.9. The van der Waals surface area contributed by atoms with Gasteiger partial charge in [0, 0.05) is 7.59 Å². The van der Waals surface area contributed by atoms with E-state index in [1.165, 1.54) is 0 Å². The average molecular weight is 429 g/mol. The lowest BCUT2D eigenvalue weighted by molar-refractivity contribution is 0.726. The molecule has 0 saturated heterocycles. The molecule has 0 aromatic carbocycles. The maximum Gasteiger partial charge on any atom is 0.128 e. The lowest BCUT2D eigenvalue weighted by Gasteiger charge is -2.63. The summed E-state index contributed by atoms with van der Waals surface area (Å²) in [6, 6.07) is 0. The van der Waals surface area contributed by atoms with E-state index in [1.54, 1.807) is 0 Å². The largest absolute Gasteiger partial charge is 0.147 e. The Bertz CT molecular complexity index is 508. The Labute approximate surface area is 165 Å². The van der Waals surface area contributed by atoms with Gasteiger partial charge in [-0.3, -0.25) is 0 Å². The number of hydrogen-bond donors (Lipinski definition) is 0. The zero-order chi connectivity index (χ0) is 20.9. The third kappa shape index (κ3) is 4.56. The van der Waals surface area contributed by atoms with Crippen LogP contribution in [0, 0.1) is 11.1 Å². The predicted octanol–water partition coefficient (Wildman–Crippen LogP) is 7.45. The van der Waals surface area contributed by atoms with Gasteiger partial charge in [0.15, 0.2) is 0 Å². The summed E-state index contributed by atoms with van der Waals surface area (Å²) in [6.07, 6.45) is 0. The molecule has 0 N–H and O–H groups in total. The smallest absolute Gasteiger partial charge is 0.128 e. The molecule has 0 fully saturated rings. The fourth-order valence-corrected chi connectivity index (χ4v) is 104. The van der Waals surface area contributed by atoms with Crippen LogP contribution in [0.4, 0.5) is 0 Å². The topological polar surface area (TPSA) is 0 Å². The Morgan fingerprint density at radius 1 is 0.480 bits per heavy atom. The summed E-state index contributed by atoms with van der Waals surface area (Å²) in [5, 5.41) is 0.840. The van der Waals surface area contributed by atoms with Crippen LogP contribution in [0.1, 0.15) is 41.5 Å². The van der Waals surface area contributed by atoms with Gasteiger partial charge in [-0.05, 0) is 10.1 Å². The second kappa shape index (κ2) is 6.91. The van der Waals surface area contributed by atoms with Gasteiger partial charge in [-0.15, -0.1) is 11.1 Å². The molecule has 0 aliphatic carbocycles. The maximum atomic E-state index is 4.34. The molecule has 25 heavy (non-hydrogen) atoms. The van der Waals surface area contributed by atoms with Gasteiger partial charge < -0.3 is 0 Å². The molecule has 0 radical (unpaired) electrons. The Morgan fingerprint density at radius 3 is 0.920 bits per heavy atom. The molecule has 0 bridgehead atoms. The van der Waals surface area contributed by atoms with E-state index in [0.717, 1.165) is 0 Å². The molecule has 0 rings (SSSR count). The van der Waals surface area contributed by atoms with Gasteiger partial charge in [0.1, 0.15) is 14.7 Å². The zero-order valence-electron chi connectivity index (χ0n) is 20.5. The molecule has 0 aromatic rings. The Hall–Kier alpha value is 0.644. The van der Waals surface area contributed by atoms with Gasteiger partial charge in [-0.25, -0.2) is 0 Å². The second-order valence-electron chi connectivity index (χ2n) is 13.2. The van der Waals surface area contributed by atoms with Crippen LogP contribution in [0.2, 0.25) is 75.5 Å². The lowest BCUT2D eigenvalue weighted by atomic mass is 10.2. The van der Waals surface area contributed by atoms with Crippen LogP contribution in [-0.4, -0.2) is 37.5 Å². The van der Waals surface area contributed by atoms with E-state index in [2.05, 4.69) is 118 Å².